The molecule has 0 fully saturated rings. The minimum Gasteiger partial charge on any atom is -0.493 e. The van der Waals surface area contributed by atoms with E-state index < -0.39 is 4.92 Å². The van der Waals surface area contributed by atoms with Gasteiger partial charge in [0.25, 0.3) is 5.69 Å². The van der Waals surface area contributed by atoms with Crippen LogP contribution in [0.25, 0.3) is 0 Å². The summed E-state index contributed by atoms with van der Waals surface area (Å²) in [5.74, 6) is 1.32. The van der Waals surface area contributed by atoms with Gasteiger partial charge in [0.15, 0.2) is 11.5 Å². The van der Waals surface area contributed by atoms with Gasteiger partial charge in [0.05, 0.1) is 12.0 Å². The molecule has 0 aliphatic heterocycles. The molecule has 0 atom stereocenters. The van der Waals surface area contributed by atoms with Gasteiger partial charge in [-0.2, -0.15) is 0 Å². The Kier molecular flexibility index (Phi) is 4.50. The highest BCUT2D eigenvalue weighted by Gasteiger charge is 2.10. The van der Waals surface area contributed by atoms with Crippen molar-refractivity contribution in [1.82, 2.24) is 4.98 Å². The van der Waals surface area contributed by atoms with Gasteiger partial charge in [-0.15, -0.1) is 6.58 Å². The molecule has 0 spiro atoms. The van der Waals surface area contributed by atoms with E-state index in [-0.39, 0.29) is 11.6 Å². The molecular weight excluding hydrogens is 272 g/mol. The van der Waals surface area contributed by atoms with Gasteiger partial charge in [-0.25, -0.2) is 4.98 Å². The van der Waals surface area contributed by atoms with E-state index >= 15 is 0 Å². The Hall–Kier alpha value is -2.89. The Bertz CT molecular complexity index is 653. The molecule has 6 nitrogen and oxygen atoms in total. The van der Waals surface area contributed by atoms with Crippen molar-refractivity contribution in [2.75, 3.05) is 7.11 Å². The summed E-state index contributed by atoms with van der Waals surface area (Å²) in [6, 6.07) is 8.28. The highest BCUT2D eigenvalue weighted by atomic mass is 16.6. The molecule has 0 saturated carbocycles. The van der Waals surface area contributed by atoms with E-state index in [4.69, 9.17) is 9.47 Å². The molecule has 0 bridgehead atoms. The van der Waals surface area contributed by atoms with E-state index in [1.54, 1.807) is 19.3 Å². The van der Waals surface area contributed by atoms with Crippen molar-refractivity contribution in [3.05, 3.63) is 64.9 Å². The van der Waals surface area contributed by atoms with Crippen LogP contribution in [0.3, 0.4) is 0 Å². The number of methoxy groups -OCH3 is 1. The topological polar surface area (TPSA) is 74.5 Å². The van der Waals surface area contributed by atoms with Gasteiger partial charge in [-0.05, 0) is 24.1 Å². The van der Waals surface area contributed by atoms with Crippen LogP contribution in [0, 0.1) is 10.1 Å². The van der Waals surface area contributed by atoms with Gasteiger partial charge in [0.2, 0.25) is 5.88 Å². The van der Waals surface area contributed by atoms with E-state index in [0.717, 1.165) is 18.2 Å². The van der Waals surface area contributed by atoms with Crippen LogP contribution < -0.4 is 9.47 Å². The molecule has 0 radical (unpaired) electrons. The van der Waals surface area contributed by atoms with Crippen LogP contribution in [0.15, 0.2) is 49.2 Å². The maximum absolute atomic E-state index is 10.6. The standard InChI is InChI=1S/C15H14N2O4/c1-3-4-11-5-7-13(14(9-11)20-2)21-15-8-6-12(10-16-15)17(18)19/h3,5-10H,1,4H2,2H3. The molecule has 0 unspecified atom stereocenters. The average Bonchev–Trinajstić information content (AvgIpc) is 2.49. The first kappa shape index (κ1) is 14.5. The third-order valence-corrected chi connectivity index (χ3v) is 2.75. The van der Waals surface area contributed by atoms with Crippen molar-refractivity contribution < 1.29 is 14.4 Å². The first-order valence-electron chi connectivity index (χ1n) is 6.20. The van der Waals surface area contributed by atoms with Crippen LogP contribution in [-0.4, -0.2) is 17.0 Å². The fourth-order valence-corrected chi connectivity index (χ4v) is 1.74. The van der Waals surface area contributed by atoms with Crippen molar-refractivity contribution in [3.63, 3.8) is 0 Å². The molecule has 1 aromatic heterocycles. The maximum atomic E-state index is 10.6. The number of benzene rings is 1. The Balaban J connectivity index is 2.22. The van der Waals surface area contributed by atoms with Crippen LogP contribution in [0.2, 0.25) is 0 Å². The van der Waals surface area contributed by atoms with Crippen LogP contribution in [0.1, 0.15) is 5.56 Å². The number of nitrogens with zero attached hydrogens (tertiary/aromatic N) is 2. The minimum atomic E-state index is -0.512. The second kappa shape index (κ2) is 6.51. The second-order valence-electron chi connectivity index (χ2n) is 4.19. The summed E-state index contributed by atoms with van der Waals surface area (Å²) >= 11 is 0. The van der Waals surface area contributed by atoms with Crippen LogP contribution >= 0.6 is 0 Å². The first-order valence-corrected chi connectivity index (χ1v) is 6.20. The lowest BCUT2D eigenvalue weighted by atomic mass is 10.1. The smallest absolute Gasteiger partial charge is 0.287 e. The van der Waals surface area contributed by atoms with Crippen molar-refractivity contribution in [1.29, 1.82) is 0 Å². The molecule has 0 amide bonds. The van der Waals surface area contributed by atoms with Crippen molar-refractivity contribution >= 4 is 5.69 Å². The average molecular weight is 286 g/mol. The lowest BCUT2D eigenvalue weighted by molar-refractivity contribution is -0.385. The molecule has 21 heavy (non-hydrogen) atoms. The molecule has 0 aliphatic carbocycles. The zero-order chi connectivity index (χ0) is 15.2. The normalized spacial score (nSPS) is 9.95. The van der Waals surface area contributed by atoms with Crippen molar-refractivity contribution in [2.45, 2.75) is 6.42 Å². The predicted octanol–water partition coefficient (Wildman–Crippen LogP) is 3.52. The summed E-state index contributed by atoms with van der Waals surface area (Å²) in [5.41, 5.74) is 0.960. The third-order valence-electron chi connectivity index (χ3n) is 2.75. The first-order chi connectivity index (χ1) is 10.1. The van der Waals surface area contributed by atoms with E-state index in [1.165, 1.54) is 12.1 Å². The number of rotatable bonds is 6. The van der Waals surface area contributed by atoms with Crippen LogP contribution in [0.4, 0.5) is 5.69 Å². The highest BCUT2D eigenvalue weighted by Crippen LogP contribution is 2.32. The number of ether oxygens (including phenoxy) is 2. The molecule has 1 aromatic carbocycles. The number of pyridine rings is 1. The fourth-order valence-electron chi connectivity index (χ4n) is 1.74. The number of aromatic nitrogens is 1. The number of allylic oxidation sites excluding steroid dienone is 1. The SMILES string of the molecule is C=CCc1ccc(Oc2ccc([N+](=O)[O-])cn2)c(OC)c1. The van der Waals surface area contributed by atoms with Crippen LogP contribution in [-0.2, 0) is 6.42 Å². The Morgan fingerprint density at radius 1 is 1.33 bits per heavy atom. The highest BCUT2D eigenvalue weighted by molar-refractivity contribution is 5.45. The summed E-state index contributed by atoms with van der Waals surface area (Å²) in [6.45, 7) is 3.69. The summed E-state index contributed by atoms with van der Waals surface area (Å²) in [5, 5.41) is 10.6. The Labute approximate surface area is 121 Å². The maximum Gasteiger partial charge on any atom is 0.287 e. The molecular formula is C15H14N2O4. The monoisotopic (exact) mass is 286 g/mol. The van der Waals surface area contributed by atoms with E-state index in [1.807, 2.05) is 12.1 Å². The number of hydrogen-bond donors (Lipinski definition) is 0. The zero-order valence-corrected chi connectivity index (χ0v) is 11.5. The zero-order valence-electron chi connectivity index (χ0n) is 11.5. The Morgan fingerprint density at radius 3 is 2.71 bits per heavy atom. The molecule has 2 rings (SSSR count). The van der Waals surface area contributed by atoms with E-state index in [0.29, 0.717) is 11.5 Å². The summed E-state index contributed by atoms with van der Waals surface area (Å²) < 4.78 is 10.9. The molecule has 108 valence electrons. The second-order valence-corrected chi connectivity index (χ2v) is 4.19. The van der Waals surface area contributed by atoms with Gasteiger partial charge in [0.1, 0.15) is 6.20 Å². The molecule has 0 aliphatic rings. The quantitative estimate of drug-likeness (QED) is 0.461. The summed E-state index contributed by atoms with van der Waals surface area (Å²) in [4.78, 5) is 13.9. The van der Waals surface area contributed by atoms with Gasteiger partial charge < -0.3 is 9.47 Å². The minimum absolute atomic E-state index is 0.0874. The summed E-state index contributed by atoms with van der Waals surface area (Å²) in [6.07, 6.45) is 3.67. The molecule has 0 N–H and O–H groups in total. The Morgan fingerprint density at radius 2 is 2.14 bits per heavy atom. The molecule has 0 saturated heterocycles. The van der Waals surface area contributed by atoms with E-state index in [2.05, 4.69) is 11.6 Å². The number of hydrogen-bond acceptors (Lipinski definition) is 5. The fraction of sp³-hybridized carbons (Fsp3) is 0.133. The van der Waals surface area contributed by atoms with Gasteiger partial charge in [0, 0.05) is 12.1 Å². The van der Waals surface area contributed by atoms with Gasteiger partial charge in [-0.1, -0.05) is 12.1 Å². The van der Waals surface area contributed by atoms with E-state index in [9.17, 15) is 10.1 Å². The lowest BCUT2D eigenvalue weighted by Crippen LogP contribution is -1.94. The van der Waals surface area contributed by atoms with Crippen molar-refractivity contribution in [3.8, 4) is 17.4 Å². The van der Waals surface area contributed by atoms with Gasteiger partial charge in [-0.3, -0.25) is 10.1 Å². The third kappa shape index (κ3) is 3.56. The largest absolute Gasteiger partial charge is 0.493 e. The molecule has 2 aromatic rings. The van der Waals surface area contributed by atoms with Crippen LogP contribution in [0.5, 0.6) is 17.4 Å². The summed E-state index contributed by atoms with van der Waals surface area (Å²) in [7, 11) is 1.54. The van der Waals surface area contributed by atoms with Crippen molar-refractivity contribution in [2.24, 2.45) is 0 Å². The lowest BCUT2D eigenvalue weighted by Gasteiger charge is -2.10. The molecule has 6 heteroatoms. The van der Waals surface area contributed by atoms with Gasteiger partial charge >= 0.3 is 0 Å². The molecule has 1 heterocycles. The number of nitro groups is 1. The predicted molar refractivity (Wildman–Crippen MR) is 77.9 cm³/mol.